The zero-order valence-electron chi connectivity index (χ0n) is 12.6. The van der Waals surface area contributed by atoms with Gasteiger partial charge < -0.3 is 10.6 Å². The molecule has 0 fully saturated rings. The second-order valence-electron chi connectivity index (χ2n) is 5.07. The lowest BCUT2D eigenvalue weighted by Crippen LogP contribution is -2.19. The first-order chi connectivity index (χ1) is 10.2. The lowest BCUT2D eigenvalue weighted by Gasteiger charge is -2.12. The van der Waals surface area contributed by atoms with Gasteiger partial charge in [-0.1, -0.05) is 36.4 Å². The number of carbonyl (C=O) groups excluding carboxylic acids is 1. The van der Waals surface area contributed by atoms with E-state index in [9.17, 15) is 4.79 Å². The fourth-order valence-corrected chi connectivity index (χ4v) is 2.37. The van der Waals surface area contributed by atoms with E-state index in [1.54, 1.807) is 7.05 Å². The fraction of sp³-hybridized carbons (Fsp3) is 0.278. The topological polar surface area (TPSA) is 41.1 Å². The molecule has 2 aromatic rings. The summed E-state index contributed by atoms with van der Waals surface area (Å²) in [6.07, 6.45) is 2.12. The first-order valence-electron chi connectivity index (χ1n) is 7.32. The average molecular weight is 282 g/mol. The maximum atomic E-state index is 11.8. The normalized spacial score (nSPS) is 10.2. The maximum Gasteiger partial charge on any atom is 0.251 e. The first-order valence-corrected chi connectivity index (χ1v) is 7.32. The van der Waals surface area contributed by atoms with Gasteiger partial charge in [0.25, 0.3) is 5.91 Å². The van der Waals surface area contributed by atoms with Gasteiger partial charge in [0.05, 0.1) is 0 Å². The van der Waals surface area contributed by atoms with Crippen LogP contribution < -0.4 is 10.6 Å². The van der Waals surface area contributed by atoms with Crippen molar-refractivity contribution in [2.45, 2.75) is 19.8 Å². The first kappa shape index (κ1) is 15.1. The Bertz CT molecular complexity index is 593. The number of aryl methyl sites for hydroxylation is 1. The van der Waals surface area contributed by atoms with Crippen LogP contribution in [0.1, 0.15) is 27.9 Å². The number of nitrogens with one attached hydrogen (secondary N) is 2. The Hall–Kier alpha value is -2.29. The zero-order chi connectivity index (χ0) is 15.1. The molecule has 0 aliphatic rings. The van der Waals surface area contributed by atoms with Crippen molar-refractivity contribution in [2.24, 2.45) is 0 Å². The third-order valence-corrected chi connectivity index (χ3v) is 3.61. The predicted octanol–water partition coefficient (Wildman–Crippen LogP) is 3.40. The average Bonchev–Trinajstić information content (AvgIpc) is 2.53. The van der Waals surface area contributed by atoms with Gasteiger partial charge in [-0.25, -0.2) is 0 Å². The van der Waals surface area contributed by atoms with Crippen LogP contribution in [-0.2, 0) is 6.42 Å². The fourth-order valence-electron chi connectivity index (χ4n) is 2.37. The van der Waals surface area contributed by atoms with E-state index in [1.165, 1.54) is 5.56 Å². The molecule has 0 aromatic heterocycles. The molecular weight excluding hydrogens is 260 g/mol. The van der Waals surface area contributed by atoms with Gasteiger partial charge >= 0.3 is 0 Å². The third-order valence-electron chi connectivity index (χ3n) is 3.61. The molecular formula is C18H22N2O. The molecule has 21 heavy (non-hydrogen) atoms. The van der Waals surface area contributed by atoms with E-state index >= 15 is 0 Å². The molecule has 0 heterocycles. The monoisotopic (exact) mass is 282 g/mol. The minimum Gasteiger partial charge on any atom is -0.385 e. The van der Waals surface area contributed by atoms with E-state index in [4.69, 9.17) is 0 Å². The SMILES string of the molecule is CNC(=O)c1cccc(NCCCc2ccccc2)c1C. The molecule has 0 atom stereocenters. The summed E-state index contributed by atoms with van der Waals surface area (Å²) in [6.45, 7) is 2.87. The van der Waals surface area contributed by atoms with Crippen LogP contribution in [0.2, 0.25) is 0 Å². The summed E-state index contributed by atoms with van der Waals surface area (Å²) in [5, 5.41) is 6.09. The van der Waals surface area contributed by atoms with Crippen LogP contribution in [0.5, 0.6) is 0 Å². The Kier molecular flexibility index (Phi) is 5.38. The molecule has 0 unspecified atom stereocenters. The van der Waals surface area contributed by atoms with Crippen molar-refractivity contribution in [2.75, 3.05) is 18.9 Å². The van der Waals surface area contributed by atoms with E-state index in [-0.39, 0.29) is 5.91 Å². The molecule has 0 aliphatic heterocycles. The highest BCUT2D eigenvalue weighted by Crippen LogP contribution is 2.19. The Morgan fingerprint density at radius 1 is 1.05 bits per heavy atom. The minimum absolute atomic E-state index is 0.0413. The minimum atomic E-state index is -0.0413. The van der Waals surface area contributed by atoms with Crippen LogP contribution >= 0.6 is 0 Å². The number of amides is 1. The summed E-state index contributed by atoms with van der Waals surface area (Å²) in [7, 11) is 1.65. The Morgan fingerprint density at radius 2 is 1.81 bits per heavy atom. The van der Waals surface area contributed by atoms with Crippen LogP contribution in [-0.4, -0.2) is 19.5 Å². The molecule has 0 aliphatic carbocycles. The van der Waals surface area contributed by atoms with Crippen molar-refractivity contribution in [3.8, 4) is 0 Å². The molecule has 0 radical (unpaired) electrons. The van der Waals surface area contributed by atoms with Crippen molar-refractivity contribution in [3.05, 3.63) is 65.2 Å². The predicted molar refractivity (Wildman–Crippen MR) is 87.8 cm³/mol. The summed E-state index contributed by atoms with van der Waals surface area (Å²) in [6, 6.07) is 16.3. The molecule has 2 aromatic carbocycles. The molecule has 0 bridgehead atoms. The summed E-state index contributed by atoms with van der Waals surface area (Å²) >= 11 is 0. The smallest absolute Gasteiger partial charge is 0.251 e. The van der Waals surface area contributed by atoms with Gasteiger partial charge in [-0.3, -0.25) is 4.79 Å². The summed E-state index contributed by atoms with van der Waals surface area (Å²) in [5.41, 5.74) is 4.11. The van der Waals surface area contributed by atoms with Gasteiger partial charge in [0.15, 0.2) is 0 Å². The van der Waals surface area contributed by atoms with Crippen LogP contribution in [0, 0.1) is 6.92 Å². The number of benzene rings is 2. The van der Waals surface area contributed by atoms with Gasteiger partial charge in [-0.2, -0.15) is 0 Å². The number of rotatable bonds is 6. The van der Waals surface area contributed by atoms with Crippen molar-refractivity contribution in [1.29, 1.82) is 0 Å². The lowest BCUT2D eigenvalue weighted by atomic mass is 10.1. The third kappa shape index (κ3) is 4.09. The second-order valence-corrected chi connectivity index (χ2v) is 5.07. The number of hydrogen-bond donors (Lipinski definition) is 2. The van der Waals surface area contributed by atoms with Crippen LogP contribution in [0.4, 0.5) is 5.69 Å². The van der Waals surface area contributed by atoms with Gasteiger partial charge in [0.2, 0.25) is 0 Å². The molecule has 2 rings (SSSR count). The van der Waals surface area contributed by atoms with Crippen molar-refractivity contribution in [3.63, 3.8) is 0 Å². The van der Waals surface area contributed by atoms with Gasteiger partial charge in [-0.15, -0.1) is 0 Å². The zero-order valence-corrected chi connectivity index (χ0v) is 12.6. The van der Waals surface area contributed by atoms with E-state index in [0.717, 1.165) is 36.2 Å². The maximum absolute atomic E-state index is 11.8. The highest BCUT2D eigenvalue weighted by molar-refractivity contribution is 5.96. The second kappa shape index (κ2) is 7.48. The summed E-state index contributed by atoms with van der Waals surface area (Å²) < 4.78 is 0. The van der Waals surface area contributed by atoms with Crippen molar-refractivity contribution >= 4 is 11.6 Å². The lowest BCUT2D eigenvalue weighted by molar-refractivity contribution is 0.0962. The molecule has 0 saturated carbocycles. The quantitative estimate of drug-likeness (QED) is 0.797. The van der Waals surface area contributed by atoms with Crippen LogP contribution in [0.25, 0.3) is 0 Å². The molecule has 0 spiro atoms. The standard InChI is InChI=1S/C18H22N2O/c1-14-16(18(21)19-2)11-6-12-17(14)20-13-7-10-15-8-4-3-5-9-15/h3-6,8-9,11-12,20H,7,10,13H2,1-2H3,(H,19,21). The van der Waals surface area contributed by atoms with Crippen molar-refractivity contribution in [1.82, 2.24) is 5.32 Å². The Labute approximate surface area is 126 Å². The highest BCUT2D eigenvalue weighted by atomic mass is 16.1. The van der Waals surface area contributed by atoms with E-state index < -0.39 is 0 Å². The van der Waals surface area contributed by atoms with E-state index in [1.807, 2.05) is 31.2 Å². The van der Waals surface area contributed by atoms with Gasteiger partial charge in [0.1, 0.15) is 0 Å². The summed E-state index contributed by atoms with van der Waals surface area (Å²) in [4.78, 5) is 11.8. The molecule has 1 amide bonds. The molecule has 3 heteroatoms. The Balaban J connectivity index is 1.90. The number of hydrogen-bond acceptors (Lipinski definition) is 2. The van der Waals surface area contributed by atoms with Crippen LogP contribution in [0.3, 0.4) is 0 Å². The van der Waals surface area contributed by atoms with Gasteiger partial charge in [-0.05, 0) is 43.0 Å². The Morgan fingerprint density at radius 3 is 2.52 bits per heavy atom. The molecule has 3 nitrogen and oxygen atoms in total. The number of anilines is 1. The van der Waals surface area contributed by atoms with Crippen LogP contribution in [0.15, 0.2) is 48.5 Å². The van der Waals surface area contributed by atoms with E-state index in [0.29, 0.717) is 0 Å². The molecule has 110 valence electrons. The number of carbonyl (C=O) groups is 1. The highest BCUT2D eigenvalue weighted by Gasteiger charge is 2.09. The summed E-state index contributed by atoms with van der Waals surface area (Å²) in [5.74, 6) is -0.0413. The van der Waals surface area contributed by atoms with Gasteiger partial charge in [0, 0.05) is 24.8 Å². The largest absolute Gasteiger partial charge is 0.385 e. The van der Waals surface area contributed by atoms with Crippen molar-refractivity contribution < 1.29 is 4.79 Å². The molecule has 0 saturated heterocycles. The van der Waals surface area contributed by atoms with E-state index in [2.05, 4.69) is 34.9 Å². The molecule has 2 N–H and O–H groups in total.